The lowest BCUT2D eigenvalue weighted by Gasteiger charge is -2.10. The average molecular weight is 507 g/mol. The van der Waals surface area contributed by atoms with E-state index in [2.05, 4.69) is 35.8 Å². The minimum absolute atomic E-state index is 0.0502. The molecule has 16 heteroatoms. The van der Waals surface area contributed by atoms with Crippen molar-refractivity contribution in [3.63, 3.8) is 0 Å². The molecule has 0 aliphatic rings. The molecule has 3 N–H and O–H groups in total. The van der Waals surface area contributed by atoms with E-state index in [-0.39, 0.29) is 40.2 Å². The predicted molar refractivity (Wildman–Crippen MR) is 125 cm³/mol. The van der Waals surface area contributed by atoms with Gasteiger partial charge < -0.3 is 15.2 Å². The number of nitro groups is 1. The van der Waals surface area contributed by atoms with E-state index in [1.807, 2.05) is 0 Å². The van der Waals surface area contributed by atoms with Crippen molar-refractivity contribution in [3.8, 4) is 28.6 Å². The van der Waals surface area contributed by atoms with Crippen LogP contribution in [-0.4, -0.2) is 55.4 Å². The number of nitrogen functional groups attached to an aromatic ring is 1. The maximum atomic E-state index is 13.0. The third-order valence-corrected chi connectivity index (χ3v) is 4.78. The van der Waals surface area contributed by atoms with E-state index >= 15 is 0 Å². The second-order valence-corrected chi connectivity index (χ2v) is 7.15. The molecule has 0 fully saturated rings. The number of benzene rings is 2. The average Bonchev–Trinajstić information content (AvgIpc) is 3.50. The van der Waals surface area contributed by atoms with Crippen LogP contribution in [0.4, 0.5) is 11.5 Å². The van der Waals surface area contributed by atoms with Crippen molar-refractivity contribution in [2.24, 2.45) is 5.10 Å². The molecule has 4 rings (SSSR count). The number of anilines is 1. The zero-order valence-corrected chi connectivity index (χ0v) is 19.2. The largest absolute Gasteiger partial charge is 0.493 e. The van der Waals surface area contributed by atoms with Crippen LogP contribution in [0.15, 0.2) is 52.2 Å². The number of aromatic nitrogens is 5. The summed E-state index contributed by atoms with van der Waals surface area (Å²) in [6.45, 7) is 1.23. The molecule has 188 valence electrons. The fraction of sp³-hybridized carbons (Fsp3) is 0.0952. The minimum Gasteiger partial charge on any atom is -0.493 e. The van der Waals surface area contributed by atoms with Crippen molar-refractivity contribution < 1.29 is 28.6 Å². The van der Waals surface area contributed by atoms with Gasteiger partial charge in [0.15, 0.2) is 17.2 Å². The Morgan fingerprint density at radius 2 is 1.97 bits per heavy atom. The van der Waals surface area contributed by atoms with Crippen LogP contribution >= 0.6 is 0 Å². The lowest BCUT2D eigenvalue weighted by Crippen LogP contribution is -2.19. The third kappa shape index (κ3) is 5.06. The topological polar surface area (TPSA) is 216 Å². The van der Waals surface area contributed by atoms with Crippen LogP contribution in [0, 0.1) is 10.1 Å². The number of carbonyl (C=O) groups excluding carboxylic acids is 2. The number of rotatable bonds is 8. The first-order valence-electron chi connectivity index (χ1n) is 10.3. The number of esters is 1. The van der Waals surface area contributed by atoms with Crippen LogP contribution in [0.3, 0.4) is 0 Å². The van der Waals surface area contributed by atoms with Gasteiger partial charge in [-0.2, -0.15) is 9.78 Å². The van der Waals surface area contributed by atoms with E-state index in [1.165, 1.54) is 44.5 Å². The number of para-hydroxylation sites is 1. The van der Waals surface area contributed by atoms with E-state index in [1.54, 1.807) is 18.2 Å². The highest BCUT2D eigenvalue weighted by Crippen LogP contribution is 2.30. The number of carbonyl (C=O) groups is 2. The summed E-state index contributed by atoms with van der Waals surface area (Å²) in [7, 11) is 1.41. The van der Waals surface area contributed by atoms with E-state index in [9.17, 15) is 19.7 Å². The number of nitrogens with two attached hydrogens (primary N) is 1. The Labute approximate surface area is 206 Å². The first kappa shape index (κ1) is 24.5. The van der Waals surface area contributed by atoms with Gasteiger partial charge in [-0.3, -0.25) is 19.7 Å². The molecule has 0 saturated heterocycles. The zero-order valence-electron chi connectivity index (χ0n) is 19.2. The number of hydrazone groups is 1. The van der Waals surface area contributed by atoms with Gasteiger partial charge >= 0.3 is 5.97 Å². The summed E-state index contributed by atoms with van der Waals surface area (Å²) in [6.07, 6.45) is 1.24. The molecule has 4 aromatic rings. The van der Waals surface area contributed by atoms with E-state index < -0.39 is 16.8 Å². The van der Waals surface area contributed by atoms with Gasteiger partial charge in [-0.1, -0.05) is 11.3 Å². The van der Waals surface area contributed by atoms with Crippen LogP contribution in [0.5, 0.6) is 11.5 Å². The molecule has 0 atom stereocenters. The number of nitrogens with one attached hydrogen (secondary N) is 1. The molecular formula is C21H17N9O7. The van der Waals surface area contributed by atoms with Gasteiger partial charge in [-0.25, -0.2) is 10.1 Å². The first-order chi connectivity index (χ1) is 17.8. The second-order valence-electron chi connectivity index (χ2n) is 7.15. The van der Waals surface area contributed by atoms with Crippen molar-refractivity contribution in [1.29, 1.82) is 0 Å². The molecule has 0 radical (unpaired) electrons. The lowest BCUT2D eigenvalue weighted by atomic mass is 10.1. The Balaban J connectivity index is 1.68. The molecule has 2 aromatic carbocycles. The van der Waals surface area contributed by atoms with Crippen LogP contribution in [0.2, 0.25) is 0 Å². The molecule has 0 aliphatic heterocycles. The molecule has 1 amide bonds. The van der Waals surface area contributed by atoms with Gasteiger partial charge in [-0.05, 0) is 34.6 Å². The highest BCUT2D eigenvalue weighted by atomic mass is 16.6. The molecule has 0 unspecified atom stereocenters. The lowest BCUT2D eigenvalue weighted by molar-refractivity contribution is -0.384. The van der Waals surface area contributed by atoms with Crippen LogP contribution < -0.4 is 20.6 Å². The highest BCUT2D eigenvalue weighted by Gasteiger charge is 2.25. The fourth-order valence-corrected chi connectivity index (χ4v) is 3.18. The summed E-state index contributed by atoms with van der Waals surface area (Å²) in [5.74, 6) is -1.15. The van der Waals surface area contributed by atoms with Crippen molar-refractivity contribution in [1.82, 2.24) is 30.7 Å². The third-order valence-electron chi connectivity index (χ3n) is 4.78. The first-order valence-corrected chi connectivity index (χ1v) is 10.3. The Bertz CT molecular complexity index is 1510. The summed E-state index contributed by atoms with van der Waals surface area (Å²) < 4.78 is 16.1. The van der Waals surface area contributed by atoms with Crippen molar-refractivity contribution in [2.45, 2.75) is 6.92 Å². The SMILES string of the molecule is COc1cccc(/C=N/NC(=O)c2nnn(-c3nonc3N)c2-c2ccc([N+](=O)[O-])cc2)c1OC(C)=O. The van der Waals surface area contributed by atoms with Gasteiger partial charge in [0.25, 0.3) is 11.6 Å². The molecule has 0 bridgehead atoms. The summed E-state index contributed by atoms with van der Waals surface area (Å²) in [6, 6.07) is 10.1. The van der Waals surface area contributed by atoms with Crippen molar-refractivity contribution >= 4 is 29.6 Å². The maximum absolute atomic E-state index is 13.0. The Kier molecular flexibility index (Phi) is 6.81. The number of nitro benzene ring substituents is 1. The maximum Gasteiger partial charge on any atom is 0.308 e. The van der Waals surface area contributed by atoms with Gasteiger partial charge in [0.2, 0.25) is 11.6 Å². The Morgan fingerprint density at radius 3 is 2.59 bits per heavy atom. The predicted octanol–water partition coefficient (Wildman–Crippen LogP) is 1.51. The fourth-order valence-electron chi connectivity index (χ4n) is 3.18. The highest BCUT2D eigenvalue weighted by molar-refractivity contribution is 5.99. The number of methoxy groups -OCH3 is 1. The van der Waals surface area contributed by atoms with Gasteiger partial charge in [0.1, 0.15) is 5.69 Å². The molecule has 2 aromatic heterocycles. The number of non-ortho nitro benzene ring substituents is 1. The molecule has 2 heterocycles. The molecule has 16 nitrogen and oxygen atoms in total. The van der Waals surface area contributed by atoms with E-state index in [0.29, 0.717) is 11.1 Å². The summed E-state index contributed by atoms with van der Waals surface area (Å²) in [5.41, 5.74) is 8.47. The number of hydrogen-bond donors (Lipinski definition) is 2. The monoisotopic (exact) mass is 507 g/mol. The van der Waals surface area contributed by atoms with Gasteiger partial charge in [-0.15, -0.1) is 5.10 Å². The molecule has 37 heavy (non-hydrogen) atoms. The van der Waals surface area contributed by atoms with Crippen LogP contribution in [0.1, 0.15) is 23.0 Å². The molecular weight excluding hydrogens is 490 g/mol. The normalized spacial score (nSPS) is 10.9. The standard InChI is InChI=1S/C21H17N9O7/c1-11(31)36-18-13(4-3-5-15(18)35-2)10-23-25-21(32)16-17(12-6-8-14(9-7-12)30(33)34)29(28-24-16)20-19(22)26-37-27-20/h3-10H,1-2H3,(H2,22,26)(H,25,32)/b23-10+. The van der Waals surface area contributed by atoms with Crippen LogP contribution in [-0.2, 0) is 4.79 Å². The molecule has 0 aliphatic carbocycles. The number of amides is 1. The number of ether oxygens (including phenoxy) is 2. The van der Waals surface area contributed by atoms with Crippen molar-refractivity contribution in [2.75, 3.05) is 12.8 Å². The van der Waals surface area contributed by atoms with E-state index in [0.717, 1.165) is 4.68 Å². The smallest absolute Gasteiger partial charge is 0.308 e. The molecule has 0 spiro atoms. The van der Waals surface area contributed by atoms with Crippen LogP contribution in [0.25, 0.3) is 17.1 Å². The Morgan fingerprint density at radius 1 is 1.22 bits per heavy atom. The zero-order chi connectivity index (χ0) is 26.5. The summed E-state index contributed by atoms with van der Waals surface area (Å²) in [4.78, 5) is 35.0. The van der Waals surface area contributed by atoms with Gasteiger partial charge in [0.05, 0.1) is 18.2 Å². The van der Waals surface area contributed by atoms with E-state index in [4.69, 9.17) is 15.2 Å². The second kappa shape index (κ2) is 10.3. The summed E-state index contributed by atoms with van der Waals surface area (Å²) >= 11 is 0. The quantitative estimate of drug-likeness (QED) is 0.114. The van der Waals surface area contributed by atoms with Gasteiger partial charge in [0, 0.05) is 30.2 Å². The number of nitrogens with zero attached hydrogens (tertiary/aromatic N) is 7. The molecule has 0 saturated carbocycles. The summed E-state index contributed by atoms with van der Waals surface area (Å²) in [5, 5.41) is 29.9. The minimum atomic E-state index is -0.789. The van der Waals surface area contributed by atoms with Crippen molar-refractivity contribution in [3.05, 3.63) is 63.8 Å². The number of hydrogen-bond acceptors (Lipinski definition) is 13. The Hall–Kier alpha value is -5.67.